The molecular formula is C15H30N2. The predicted octanol–water partition coefficient (Wildman–Crippen LogP) is 2.93. The van der Waals surface area contributed by atoms with Gasteiger partial charge < -0.3 is 10.6 Å². The van der Waals surface area contributed by atoms with Crippen molar-refractivity contribution in [2.45, 2.75) is 64.3 Å². The summed E-state index contributed by atoms with van der Waals surface area (Å²) in [5.74, 6) is 1.81. The first-order chi connectivity index (χ1) is 8.36. The quantitative estimate of drug-likeness (QED) is 0.736. The van der Waals surface area contributed by atoms with E-state index in [2.05, 4.69) is 17.6 Å². The van der Waals surface area contributed by atoms with Gasteiger partial charge >= 0.3 is 0 Å². The first-order valence-corrected chi connectivity index (χ1v) is 7.80. The average molecular weight is 238 g/mol. The van der Waals surface area contributed by atoms with Crippen LogP contribution < -0.4 is 10.6 Å². The topological polar surface area (TPSA) is 24.1 Å². The molecule has 17 heavy (non-hydrogen) atoms. The van der Waals surface area contributed by atoms with Gasteiger partial charge in [0.1, 0.15) is 0 Å². The molecule has 2 fully saturated rings. The third-order valence-electron chi connectivity index (χ3n) is 4.73. The van der Waals surface area contributed by atoms with Gasteiger partial charge in [0.2, 0.25) is 0 Å². The van der Waals surface area contributed by atoms with E-state index in [-0.39, 0.29) is 0 Å². The molecule has 1 unspecified atom stereocenters. The molecule has 0 aromatic heterocycles. The van der Waals surface area contributed by atoms with E-state index < -0.39 is 0 Å². The Kier molecular flexibility index (Phi) is 5.79. The Bertz CT molecular complexity index is 191. The zero-order valence-electron chi connectivity index (χ0n) is 11.5. The van der Waals surface area contributed by atoms with E-state index in [1.54, 1.807) is 0 Å². The van der Waals surface area contributed by atoms with Crippen molar-refractivity contribution in [3.63, 3.8) is 0 Å². The summed E-state index contributed by atoms with van der Waals surface area (Å²) in [4.78, 5) is 0. The van der Waals surface area contributed by atoms with Crippen LogP contribution in [0, 0.1) is 11.8 Å². The molecule has 2 N–H and O–H groups in total. The highest BCUT2D eigenvalue weighted by molar-refractivity contribution is 4.78. The van der Waals surface area contributed by atoms with Crippen molar-refractivity contribution in [1.82, 2.24) is 10.6 Å². The number of hydrogen-bond acceptors (Lipinski definition) is 2. The standard InChI is InChI=1S/C15H30N2/c1-13(15-8-4-2-3-5-9-15)17-12-14-7-6-10-16-11-14/h13-17H,2-12H2,1H3/t13-,14?/m0/s1. The smallest absolute Gasteiger partial charge is 0.00671 e. The number of rotatable bonds is 4. The molecule has 2 nitrogen and oxygen atoms in total. The summed E-state index contributed by atoms with van der Waals surface area (Å²) in [6.45, 7) is 6.09. The Morgan fingerprint density at radius 2 is 1.82 bits per heavy atom. The lowest BCUT2D eigenvalue weighted by Gasteiger charge is -2.28. The van der Waals surface area contributed by atoms with Crippen molar-refractivity contribution >= 4 is 0 Å². The monoisotopic (exact) mass is 238 g/mol. The van der Waals surface area contributed by atoms with Crippen molar-refractivity contribution in [2.24, 2.45) is 11.8 Å². The van der Waals surface area contributed by atoms with Crippen LogP contribution in [-0.4, -0.2) is 25.7 Å². The van der Waals surface area contributed by atoms with Gasteiger partial charge in [0.25, 0.3) is 0 Å². The van der Waals surface area contributed by atoms with Crippen LogP contribution in [0.4, 0.5) is 0 Å². The second-order valence-electron chi connectivity index (χ2n) is 6.16. The summed E-state index contributed by atoms with van der Waals surface area (Å²) in [6, 6.07) is 0.732. The van der Waals surface area contributed by atoms with Gasteiger partial charge in [0.15, 0.2) is 0 Å². The molecule has 2 heteroatoms. The lowest BCUT2D eigenvalue weighted by atomic mass is 9.92. The molecule has 0 radical (unpaired) electrons. The summed E-state index contributed by atoms with van der Waals surface area (Å²) < 4.78 is 0. The lowest BCUT2D eigenvalue weighted by molar-refractivity contribution is 0.294. The van der Waals surface area contributed by atoms with Gasteiger partial charge in [-0.3, -0.25) is 0 Å². The molecule has 2 aliphatic rings. The minimum atomic E-state index is 0.732. The fourth-order valence-electron chi connectivity index (χ4n) is 3.43. The van der Waals surface area contributed by atoms with Gasteiger partial charge in [0.05, 0.1) is 0 Å². The highest BCUT2D eigenvalue weighted by atomic mass is 14.9. The first-order valence-electron chi connectivity index (χ1n) is 7.80. The fourth-order valence-corrected chi connectivity index (χ4v) is 3.43. The van der Waals surface area contributed by atoms with E-state index in [0.29, 0.717) is 0 Å². The molecule has 2 rings (SSSR count). The minimum absolute atomic E-state index is 0.732. The fraction of sp³-hybridized carbons (Fsp3) is 1.00. The average Bonchev–Trinajstić information content (AvgIpc) is 2.66. The molecule has 1 saturated carbocycles. The second-order valence-corrected chi connectivity index (χ2v) is 6.16. The summed E-state index contributed by atoms with van der Waals surface area (Å²) in [5, 5.41) is 7.32. The SMILES string of the molecule is C[C@H](NCC1CCCNC1)C1CCCCCC1. The van der Waals surface area contributed by atoms with Gasteiger partial charge in [-0.2, -0.15) is 0 Å². The van der Waals surface area contributed by atoms with Crippen LogP contribution in [0.3, 0.4) is 0 Å². The molecule has 2 atom stereocenters. The van der Waals surface area contributed by atoms with Crippen LogP contribution in [0.2, 0.25) is 0 Å². The van der Waals surface area contributed by atoms with Crippen LogP contribution in [0.25, 0.3) is 0 Å². The van der Waals surface area contributed by atoms with Gasteiger partial charge in [-0.15, -0.1) is 0 Å². The number of hydrogen-bond donors (Lipinski definition) is 2. The Morgan fingerprint density at radius 1 is 1.06 bits per heavy atom. The van der Waals surface area contributed by atoms with Crippen LogP contribution in [0.1, 0.15) is 58.3 Å². The van der Waals surface area contributed by atoms with Crippen molar-refractivity contribution in [3.8, 4) is 0 Å². The molecule has 1 aliphatic heterocycles. The van der Waals surface area contributed by atoms with Crippen molar-refractivity contribution in [3.05, 3.63) is 0 Å². The Morgan fingerprint density at radius 3 is 2.47 bits per heavy atom. The molecule has 1 heterocycles. The first kappa shape index (κ1) is 13.4. The molecule has 1 aliphatic carbocycles. The van der Waals surface area contributed by atoms with Gasteiger partial charge in [-0.05, 0) is 64.1 Å². The molecule has 1 saturated heterocycles. The normalized spacial score (nSPS) is 29.8. The Balaban J connectivity index is 1.66. The zero-order valence-corrected chi connectivity index (χ0v) is 11.5. The van der Waals surface area contributed by atoms with Crippen molar-refractivity contribution in [1.29, 1.82) is 0 Å². The van der Waals surface area contributed by atoms with E-state index in [0.717, 1.165) is 17.9 Å². The maximum Gasteiger partial charge on any atom is 0.00671 e. The summed E-state index contributed by atoms with van der Waals surface area (Å²) >= 11 is 0. The molecule has 0 bridgehead atoms. The highest BCUT2D eigenvalue weighted by Crippen LogP contribution is 2.25. The molecular weight excluding hydrogens is 208 g/mol. The van der Waals surface area contributed by atoms with Crippen LogP contribution in [0.15, 0.2) is 0 Å². The van der Waals surface area contributed by atoms with Crippen LogP contribution >= 0.6 is 0 Å². The van der Waals surface area contributed by atoms with E-state index in [4.69, 9.17) is 0 Å². The van der Waals surface area contributed by atoms with Crippen LogP contribution in [0.5, 0.6) is 0 Å². The maximum absolute atomic E-state index is 3.81. The largest absolute Gasteiger partial charge is 0.316 e. The van der Waals surface area contributed by atoms with Crippen molar-refractivity contribution < 1.29 is 0 Å². The van der Waals surface area contributed by atoms with E-state index in [9.17, 15) is 0 Å². The summed E-state index contributed by atoms with van der Waals surface area (Å²) in [7, 11) is 0. The molecule has 0 amide bonds. The minimum Gasteiger partial charge on any atom is -0.316 e. The lowest BCUT2D eigenvalue weighted by Crippen LogP contribution is -2.41. The summed E-state index contributed by atoms with van der Waals surface area (Å²) in [5.41, 5.74) is 0. The van der Waals surface area contributed by atoms with Crippen molar-refractivity contribution in [2.75, 3.05) is 19.6 Å². The van der Waals surface area contributed by atoms with E-state index in [1.807, 2.05) is 0 Å². The van der Waals surface area contributed by atoms with E-state index in [1.165, 1.54) is 71.0 Å². The second kappa shape index (κ2) is 7.38. The van der Waals surface area contributed by atoms with E-state index >= 15 is 0 Å². The van der Waals surface area contributed by atoms with Gasteiger partial charge in [-0.1, -0.05) is 25.7 Å². The number of nitrogens with one attached hydrogen (secondary N) is 2. The highest BCUT2D eigenvalue weighted by Gasteiger charge is 2.20. The Labute approximate surface area is 107 Å². The summed E-state index contributed by atoms with van der Waals surface area (Å²) in [6.07, 6.45) is 11.5. The zero-order chi connectivity index (χ0) is 11.9. The number of piperidine rings is 1. The maximum atomic E-state index is 3.81. The predicted molar refractivity (Wildman–Crippen MR) is 74.3 cm³/mol. The van der Waals surface area contributed by atoms with Gasteiger partial charge in [-0.25, -0.2) is 0 Å². The molecule has 0 spiro atoms. The third kappa shape index (κ3) is 4.59. The molecule has 100 valence electrons. The molecule has 0 aromatic carbocycles. The third-order valence-corrected chi connectivity index (χ3v) is 4.73. The van der Waals surface area contributed by atoms with Crippen LogP contribution in [-0.2, 0) is 0 Å². The Hall–Kier alpha value is -0.0800. The van der Waals surface area contributed by atoms with Gasteiger partial charge in [0, 0.05) is 6.04 Å². The molecule has 0 aromatic rings.